The molecular weight excluding hydrogens is 464 g/mol. The minimum Gasteiger partial charge on any atom is -0.445 e. The summed E-state index contributed by atoms with van der Waals surface area (Å²) in [4.78, 5) is 49.8. The highest BCUT2D eigenvalue weighted by Crippen LogP contribution is 2.11. The van der Waals surface area contributed by atoms with Crippen LogP contribution < -0.4 is 10.6 Å². The van der Waals surface area contributed by atoms with E-state index in [9.17, 15) is 19.2 Å². The van der Waals surface area contributed by atoms with Gasteiger partial charge in [-0.15, -0.1) is 0 Å². The van der Waals surface area contributed by atoms with Crippen LogP contribution in [0.5, 0.6) is 0 Å². The zero-order chi connectivity index (χ0) is 23.4. The first-order chi connectivity index (χ1) is 14.6. The molecule has 1 aromatic rings. The Morgan fingerprint density at radius 2 is 1.48 bits per heavy atom. The van der Waals surface area contributed by atoms with Crippen molar-refractivity contribution in [3.05, 3.63) is 35.9 Å². The van der Waals surface area contributed by atoms with Gasteiger partial charge in [0, 0.05) is 11.8 Å². The molecule has 2 atom stereocenters. The first-order valence-electron chi connectivity index (χ1n) is 10.5. The Balaban J connectivity index is 2.82. The Bertz CT molecular complexity index is 737. The van der Waals surface area contributed by atoms with Crippen molar-refractivity contribution in [3.63, 3.8) is 0 Å². The molecule has 0 aliphatic carbocycles. The van der Waals surface area contributed by atoms with Gasteiger partial charge in [-0.05, 0) is 30.2 Å². The van der Waals surface area contributed by atoms with Gasteiger partial charge in [0.05, 0.1) is 6.04 Å². The van der Waals surface area contributed by atoms with Crippen molar-refractivity contribution in [1.82, 2.24) is 10.6 Å². The molecule has 0 bridgehead atoms. The number of nitrogens with one attached hydrogen (secondary N) is 2. The van der Waals surface area contributed by atoms with Crippen LogP contribution in [0.2, 0.25) is 0 Å². The minimum atomic E-state index is -0.921. The smallest absolute Gasteiger partial charge is 0.408 e. The largest absolute Gasteiger partial charge is 0.445 e. The van der Waals surface area contributed by atoms with E-state index in [0.29, 0.717) is 18.2 Å². The van der Waals surface area contributed by atoms with Crippen LogP contribution in [0.1, 0.15) is 52.5 Å². The molecule has 2 amide bonds. The third-order valence-corrected chi connectivity index (χ3v) is 4.86. The second-order valence-corrected chi connectivity index (χ2v) is 9.10. The molecule has 7 nitrogen and oxygen atoms in total. The number of hydrogen-bond acceptors (Lipinski definition) is 5. The summed E-state index contributed by atoms with van der Waals surface area (Å²) in [6.07, 6.45) is 0.0603. The van der Waals surface area contributed by atoms with Gasteiger partial charge in [0.25, 0.3) is 0 Å². The van der Waals surface area contributed by atoms with Crippen LogP contribution in [-0.2, 0) is 25.7 Å². The van der Waals surface area contributed by atoms with Crippen LogP contribution in [0.3, 0.4) is 0 Å². The highest BCUT2D eigenvalue weighted by atomic mass is 79.9. The molecule has 31 heavy (non-hydrogen) atoms. The van der Waals surface area contributed by atoms with Crippen molar-refractivity contribution < 1.29 is 23.9 Å². The maximum absolute atomic E-state index is 12.9. The van der Waals surface area contributed by atoms with E-state index in [1.165, 1.54) is 0 Å². The molecule has 8 heteroatoms. The molecule has 1 rings (SSSR count). The molecule has 0 aliphatic heterocycles. The molecule has 0 saturated heterocycles. The summed E-state index contributed by atoms with van der Waals surface area (Å²) in [7, 11) is 0. The van der Waals surface area contributed by atoms with Gasteiger partial charge in [0.2, 0.25) is 17.5 Å². The van der Waals surface area contributed by atoms with Crippen LogP contribution in [0.4, 0.5) is 4.79 Å². The fraction of sp³-hybridized carbons (Fsp3) is 0.565. The number of benzene rings is 1. The van der Waals surface area contributed by atoms with Gasteiger partial charge in [-0.25, -0.2) is 4.79 Å². The number of carbonyl (C=O) groups is 4. The molecular formula is C23H33BrN2O5. The molecule has 2 N–H and O–H groups in total. The minimum absolute atomic E-state index is 0.0722. The second-order valence-electron chi connectivity index (χ2n) is 8.31. The van der Waals surface area contributed by atoms with Crippen molar-refractivity contribution in [2.75, 3.05) is 5.33 Å². The van der Waals surface area contributed by atoms with Gasteiger partial charge in [-0.1, -0.05) is 74.0 Å². The summed E-state index contributed by atoms with van der Waals surface area (Å²) in [6, 6.07) is 7.41. The summed E-state index contributed by atoms with van der Waals surface area (Å²) < 4.78 is 5.22. The van der Waals surface area contributed by atoms with Gasteiger partial charge in [0.1, 0.15) is 12.6 Å². The lowest BCUT2D eigenvalue weighted by Gasteiger charge is -2.24. The molecule has 0 fully saturated rings. The van der Waals surface area contributed by atoms with E-state index in [1.54, 1.807) is 0 Å². The molecule has 0 unspecified atom stereocenters. The fourth-order valence-corrected chi connectivity index (χ4v) is 3.35. The SMILES string of the molecule is CC(C)C[C@H](NC(=O)OCc1ccccc1)C(=O)N[C@@H](CC(C)C)C(=O)C(=O)CCBr. The molecule has 1 aromatic carbocycles. The van der Waals surface area contributed by atoms with E-state index >= 15 is 0 Å². The van der Waals surface area contributed by atoms with Crippen molar-refractivity contribution >= 4 is 39.5 Å². The van der Waals surface area contributed by atoms with Gasteiger partial charge in [-0.3, -0.25) is 14.4 Å². The lowest BCUT2D eigenvalue weighted by atomic mass is 9.96. The number of hydrogen-bond donors (Lipinski definition) is 2. The summed E-state index contributed by atoms with van der Waals surface area (Å²) in [5.74, 6) is -1.44. The number of alkyl halides is 1. The molecule has 172 valence electrons. The highest BCUT2D eigenvalue weighted by molar-refractivity contribution is 9.09. The number of rotatable bonds is 13. The molecule has 0 spiro atoms. The Morgan fingerprint density at radius 3 is 2.03 bits per heavy atom. The second kappa shape index (κ2) is 14.0. The number of ketones is 2. The quantitative estimate of drug-likeness (QED) is 0.319. The molecule has 0 aliphatic rings. The fourth-order valence-electron chi connectivity index (χ4n) is 2.99. The first-order valence-corrected chi connectivity index (χ1v) is 11.7. The molecule has 0 saturated carbocycles. The summed E-state index contributed by atoms with van der Waals surface area (Å²) in [5.41, 5.74) is 0.829. The van der Waals surface area contributed by atoms with E-state index in [0.717, 1.165) is 5.56 Å². The topological polar surface area (TPSA) is 102 Å². The number of halogens is 1. The van der Waals surface area contributed by atoms with E-state index in [-0.39, 0.29) is 24.9 Å². The zero-order valence-electron chi connectivity index (χ0n) is 18.7. The van der Waals surface area contributed by atoms with E-state index in [4.69, 9.17) is 4.74 Å². The predicted molar refractivity (Wildman–Crippen MR) is 123 cm³/mol. The number of carbonyl (C=O) groups excluding carboxylic acids is 4. The van der Waals surface area contributed by atoms with Crippen molar-refractivity contribution in [2.45, 2.75) is 65.6 Å². The number of alkyl carbamates (subject to hydrolysis) is 1. The van der Waals surface area contributed by atoms with Gasteiger partial charge in [-0.2, -0.15) is 0 Å². The third-order valence-electron chi connectivity index (χ3n) is 4.46. The third kappa shape index (κ3) is 10.6. The summed E-state index contributed by atoms with van der Waals surface area (Å²) in [6.45, 7) is 7.75. The maximum Gasteiger partial charge on any atom is 0.408 e. The average Bonchev–Trinajstić information content (AvgIpc) is 2.71. The van der Waals surface area contributed by atoms with Crippen molar-refractivity contribution in [3.8, 4) is 0 Å². The van der Waals surface area contributed by atoms with Gasteiger partial charge < -0.3 is 15.4 Å². The lowest BCUT2D eigenvalue weighted by Crippen LogP contribution is -2.53. The van der Waals surface area contributed by atoms with E-state index in [1.807, 2.05) is 58.0 Å². The summed E-state index contributed by atoms with van der Waals surface area (Å²) in [5, 5.41) is 5.65. The van der Waals surface area contributed by atoms with Crippen LogP contribution in [0.15, 0.2) is 30.3 Å². The number of Topliss-reactive ketones (excluding diaryl/α,β-unsaturated/α-hetero) is 2. The molecule has 0 heterocycles. The molecule has 0 radical (unpaired) electrons. The monoisotopic (exact) mass is 496 g/mol. The lowest BCUT2D eigenvalue weighted by molar-refractivity contribution is -0.139. The normalized spacial score (nSPS) is 12.9. The number of ether oxygens (including phenoxy) is 1. The summed E-state index contributed by atoms with van der Waals surface area (Å²) >= 11 is 3.16. The van der Waals surface area contributed by atoms with Gasteiger partial charge >= 0.3 is 6.09 Å². The first kappa shape index (κ1) is 26.8. The predicted octanol–water partition coefficient (Wildman–Crippen LogP) is 3.78. The van der Waals surface area contributed by atoms with Crippen LogP contribution >= 0.6 is 15.9 Å². The van der Waals surface area contributed by atoms with Crippen molar-refractivity contribution in [1.29, 1.82) is 0 Å². The van der Waals surface area contributed by atoms with Crippen LogP contribution in [0.25, 0.3) is 0 Å². The Labute approximate surface area is 192 Å². The molecule has 0 aromatic heterocycles. The van der Waals surface area contributed by atoms with E-state index in [2.05, 4.69) is 26.6 Å². The van der Waals surface area contributed by atoms with Gasteiger partial charge in [0.15, 0.2) is 0 Å². The zero-order valence-corrected chi connectivity index (χ0v) is 20.2. The Kier molecular flexibility index (Phi) is 12.1. The maximum atomic E-state index is 12.9. The van der Waals surface area contributed by atoms with Crippen LogP contribution in [0, 0.1) is 11.8 Å². The van der Waals surface area contributed by atoms with Crippen LogP contribution in [-0.4, -0.2) is 41.0 Å². The van der Waals surface area contributed by atoms with E-state index < -0.39 is 35.7 Å². The highest BCUT2D eigenvalue weighted by Gasteiger charge is 2.30. The Morgan fingerprint density at radius 1 is 0.903 bits per heavy atom. The average molecular weight is 497 g/mol. The van der Waals surface area contributed by atoms with Crippen molar-refractivity contribution in [2.24, 2.45) is 11.8 Å². The standard InChI is InChI=1S/C23H33BrN2O5/c1-15(2)12-18(21(28)20(27)10-11-24)25-22(29)19(13-16(3)4)26-23(30)31-14-17-8-6-5-7-9-17/h5-9,15-16,18-19H,10-14H2,1-4H3,(H,25,29)(H,26,30)/t18-,19-/m0/s1. The number of amides is 2. The Hall–Kier alpha value is -2.22.